The van der Waals surface area contributed by atoms with Crippen LogP contribution in [-0.2, 0) is 6.42 Å². The third-order valence-corrected chi connectivity index (χ3v) is 3.78. The van der Waals surface area contributed by atoms with Crippen molar-refractivity contribution in [3.8, 4) is 0 Å². The van der Waals surface area contributed by atoms with Crippen LogP contribution >= 0.6 is 0 Å². The van der Waals surface area contributed by atoms with E-state index in [2.05, 4.69) is 4.98 Å². The van der Waals surface area contributed by atoms with Crippen LogP contribution < -0.4 is 0 Å². The molecule has 4 nitrogen and oxygen atoms in total. The molecule has 2 rings (SSSR count). The van der Waals surface area contributed by atoms with Gasteiger partial charge in [-0.1, -0.05) is 6.92 Å². The molecule has 2 heterocycles. The first-order valence-corrected chi connectivity index (χ1v) is 6.98. The highest BCUT2D eigenvalue weighted by atomic mass is 16.3. The van der Waals surface area contributed by atoms with Crippen molar-refractivity contribution < 1.29 is 9.90 Å². The molecule has 1 aromatic rings. The molecule has 0 saturated carbocycles. The molecule has 0 aromatic carbocycles. The maximum Gasteiger partial charge on any atom is 0.253 e. The van der Waals surface area contributed by atoms with Crippen molar-refractivity contribution in [2.24, 2.45) is 0 Å². The molecule has 0 spiro atoms. The van der Waals surface area contributed by atoms with Gasteiger partial charge in [-0.2, -0.15) is 0 Å². The molecule has 19 heavy (non-hydrogen) atoms. The molecule has 1 amide bonds. The monoisotopic (exact) mass is 262 g/mol. The summed E-state index contributed by atoms with van der Waals surface area (Å²) in [6.07, 6.45) is 4.78. The van der Waals surface area contributed by atoms with E-state index in [9.17, 15) is 9.90 Å². The van der Waals surface area contributed by atoms with Crippen molar-refractivity contribution >= 4 is 5.91 Å². The lowest BCUT2D eigenvalue weighted by molar-refractivity contribution is 0.0438. The number of likely N-dealkylation sites (tertiary alicyclic amines) is 1. The normalized spacial score (nSPS) is 24.1. The molecule has 0 bridgehead atoms. The van der Waals surface area contributed by atoms with Gasteiger partial charge in [0.1, 0.15) is 0 Å². The summed E-state index contributed by atoms with van der Waals surface area (Å²) in [6.45, 7) is 5.22. The van der Waals surface area contributed by atoms with Gasteiger partial charge in [0, 0.05) is 30.5 Å². The molecule has 104 valence electrons. The molecule has 0 aliphatic carbocycles. The van der Waals surface area contributed by atoms with Gasteiger partial charge in [-0.05, 0) is 44.7 Å². The van der Waals surface area contributed by atoms with Crippen LogP contribution in [0.4, 0.5) is 0 Å². The fraction of sp³-hybridized carbons (Fsp3) is 0.600. The molecule has 1 saturated heterocycles. The van der Waals surface area contributed by atoms with E-state index in [-0.39, 0.29) is 5.91 Å². The smallest absolute Gasteiger partial charge is 0.253 e. The second-order valence-electron chi connectivity index (χ2n) is 5.53. The topological polar surface area (TPSA) is 53.4 Å². The first kappa shape index (κ1) is 14.0. The summed E-state index contributed by atoms with van der Waals surface area (Å²) >= 11 is 0. The molecule has 1 N–H and O–H groups in total. The Balaban J connectivity index is 2.10. The van der Waals surface area contributed by atoms with E-state index in [0.29, 0.717) is 18.5 Å². The summed E-state index contributed by atoms with van der Waals surface area (Å²) in [4.78, 5) is 18.5. The zero-order valence-corrected chi connectivity index (χ0v) is 11.7. The highest BCUT2D eigenvalue weighted by Gasteiger charge is 2.27. The van der Waals surface area contributed by atoms with Gasteiger partial charge in [-0.15, -0.1) is 0 Å². The first-order valence-electron chi connectivity index (χ1n) is 6.98. The Hall–Kier alpha value is -1.42. The molecule has 1 unspecified atom stereocenters. The molecule has 4 heteroatoms. The average Bonchev–Trinajstić information content (AvgIpc) is 2.59. The zero-order valence-electron chi connectivity index (χ0n) is 11.7. The van der Waals surface area contributed by atoms with Crippen LogP contribution in [0.1, 0.15) is 49.2 Å². The number of aliphatic hydroxyl groups is 1. The predicted octanol–water partition coefficient (Wildman–Crippen LogP) is 2.02. The van der Waals surface area contributed by atoms with E-state index >= 15 is 0 Å². The molecule has 1 aliphatic rings. The van der Waals surface area contributed by atoms with Crippen LogP contribution in [-0.4, -0.2) is 39.6 Å². The van der Waals surface area contributed by atoms with Crippen molar-refractivity contribution in [2.75, 3.05) is 13.1 Å². The molecule has 1 atom stereocenters. The molecular formula is C15H22N2O2. The van der Waals surface area contributed by atoms with Crippen molar-refractivity contribution in [1.29, 1.82) is 0 Å². The quantitative estimate of drug-likeness (QED) is 0.887. The first-order chi connectivity index (χ1) is 9.02. The zero-order chi connectivity index (χ0) is 13.9. The van der Waals surface area contributed by atoms with Gasteiger partial charge in [0.15, 0.2) is 0 Å². The number of rotatable bonds is 2. The largest absolute Gasteiger partial charge is 0.390 e. The Kier molecular flexibility index (Phi) is 4.20. The summed E-state index contributed by atoms with van der Waals surface area (Å²) < 4.78 is 0. The van der Waals surface area contributed by atoms with Gasteiger partial charge in [0.05, 0.1) is 5.60 Å². The standard InChI is InChI=1S/C15H22N2O2/c1-3-13-11-12(5-8-16-13)14(18)17-9-4-6-15(2,19)7-10-17/h5,8,11,19H,3-4,6-7,9-10H2,1-2H3. The number of hydrogen-bond donors (Lipinski definition) is 1. The van der Waals surface area contributed by atoms with Crippen molar-refractivity contribution in [3.05, 3.63) is 29.6 Å². The van der Waals surface area contributed by atoms with Gasteiger partial charge in [-0.3, -0.25) is 9.78 Å². The summed E-state index contributed by atoms with van der Waals surface area (Å²) in [7, 11) is 0. The molecule has 0 radical (unpaired) electrons. The Morgan fingerprint density at radius 2 is 2.26 bits per heavy atom. The number of aromatic nitrogens is 1. The van der Waals surface area contributed by atoms with Crippen LogP contribution in [0.3, 0.4) is 0 Å². The number of carbonyl (C=O) groups is 1. The minimum absolute atomic E-state index is 0.0507. The number of carbonyl (C=O) groups excluding carboxylic acids is 1. The minimum atomic E-state index is -0.637. The molecular weight excluding hydrogens is 240 g/mol. The fourth-order valence-electron chi connectivity index (χ4n) is 2.45. The average molecular weight is 262 g/mol. The number of nitrogens with zero attached hydrogens (tertiary/aromatic N) is 2. The second-order valence-corrected chi connectivity index (χ2v) is 5.53. The number of hydrogen-bond acceptors (Lipinski definition) is 3. The van der Waals surface area contributed by atoms with Crippen LogP contribution in [0, 0.1) is 0 Å². The van der Waals surface area contributed by atoms with E-state index in [0.717, 1.165) is 31.5 Å². The SMILES string of the molecule is CCc1cc(C(=O)N2CCCC(C)(O)CC2)ccn1. The van der Waals surface area contributed by atoms with Gasteiger partial charge < -0.3 is 10.0 Å². The predicted molar refractivity (Wildman–Crippen MR) is 74.0 cm³/mol. The van der Waals surface area contributed by atoms with Crippen LogP contribution in [0.25, 0.3) is 0 Å². The number of amides is 1. The summed E-state index contributed by atoms with van der Waals surface area (Å²) in [5.41, 5.74) is 1.00. The van der Waals surface area contributed by atoms with Crippen molar-refractivity contribution in [3.63, 3.8) is 0 Å². The third-order valence-electron chi connectivity index (χ3n) is 3.78. The van der Waals surface area contributed by atoms with Crippen molar-refractivity contribution in [1.82, 2.24) is 9.88 Å². The Bertz CT molecular complexity index is 457. The fourth-order valence-corrected chi connectivity index (χ4v) is 2.45. The van der Waals surface area contributed by atoms with Crippen LogP contribution in [0.5, 0.6) is 0 Å². The summed E-state index contributed by atoms with van der Waals surface area (Å²) in [6, 6.07) is 3.63. The van der Waals surface area contributed by atoms with E-state index in [1.807, 2.05) is 24.8 Å². The molecule has 1 fully saturated rings. The van der Waals surface area contributed by atoms with E-state index in [1.54, 1.807) is 12.3 Å². The number of aryl methyl sites for hydroxylation is 1. The highest BCUT2D eigenvalue weighted by Crippen LogP contribution is 2.22. The van der Waals surface area contributed by atoms with E-state index < -0.39 is 5.60 Å². The van der Waals surface area contributed by atoms with E-state index in [4.69, 9.17) is 0 Å². The summed E-state index contributed by atoms with van der Waals surface area (Å²) in [5, 5.41) is 10.1. The van der Waals surface area contributed by atoms with Gasteiger partial charge >= 0.3 is 0 Å². The third kappa shape index (κ3) is 3.53. The van der Waals surface area contributed by atoms with Crippen LogP contribution in [0.15, 0.2) is 18.3 Å². The lowest BCUT2D eigenvalue weighted by Crippen LogP contribution is -2.33. The lowest BCUT2D eigenvalue weighted by atomic mass is 9.98. The second kappa shape index (κ2) is 5.70. The molecule has 1 aliphatic heterocycles. The van der Waals surface area contributed by atoms with Gasteiger partial charge in [0.25, 0.3) is 5.91 Å². The van der Waals surface area contributed by atoms with E-state index in [1.165, 1.54) is 0 Å². The van der Waals surface area contributed by atoms with Crippen molar-refractivity contribution in [2.45, 2.75) is 45.1 Å². The number of pyridine rings is 1. The van der Waals surface area contributed by atoms with Gasteiger partial charge in [0.2, 0.25) is 0 Å². The maximum atomic E-state index is 12.4. The van der Waals surface area contributed by atoms with Crippen LogP contribution in [0.2, 0.25) is 0 Å². The molecule has 1 aromatic heterocycles. The van der Waals surface area contributed by atoms with Gasteiger partial charge in [-0.25, -0.2) is 0 Å². The maximum absolute atomic E-state index is 12.4. The Morgan fingerprint density at radius 1 is 1.47 bits per heavy atom. The highest BCUT2D eigenvalue weighted by molar-refractivity contribution is 5.94. The Labute approximate surface area is 114 Å². The summed E-state index contributed by atoms with van der Waals surface area (Å²) in [5.74, 6) is 0.0507. The Morgan fingerprint density at radius 3 is 3.00 bits per heavy atom. The lowest BCUT2D eigenvalue weighted by Gasteiger charge is -2.22. The minimum Gasteiger partial charge on any atom is -0.390 e.